The smallest absolute Gasteiger partial charge is 0.325 e. The van der Waals surface area contributed by atoms with Crippen LogP contribution in [0.15, 0.2) is 24.3 Å². The molecule has 3 amide bonds. The predicted octanol–water partition coefficient (Wildman–Crippen LogP) is 2.85. The molecule has 2 aliphatic rings. The number of piperidine rings is 1. The lowest BCUT2D eigenvalue weighted by atomic mass is 9.98. The number of nitrogens with zero attached hydrogens (tertiary/aromatic N) is 3. The van der Waals surface area contributed by atoms with Gasteiger partial charge in [-0.25, -0.2) is 4.79 Å². The van der Waals surface area contributed by atoms with E-state index in [1.54, 1.807) is 21.6 Å². The number of rotatable bonds is 6. The Hall–Kier alpha value is -2.57. The van der Waals surface area contributed by atoms with E-state index in [2.05, 4.69) is 13.8 Å². The van der Waals surface area contributed by atoms with E-state index >= 15 is 0 Å². The van der Waals surface area contributed by atoms with Crippen LogP contribution in [0.3, 0.4) is 0 Å². The number of urea groups is 1. The Morgan fingerprint density at radius 2 is 1.86 bits per heavy atom. The average Bonchev–Trinajstić information content (AvgIpc) is 3.08. The van der Waals surface area contributed by atoms with Crippen LogP contribution in [0.25, 0.3) is 0 Å². The van der Waals surface area contributed by atoms with Crippen LogP contribution in [-0.2, 0) is 14.3 Å². The fraction of sp³-hybridized carbons (Fsp3) is 0.591. The van der Waals surface area contributed by atoms with E-state index in [-0.39, 0.29) is 30.4 Å². The van der Waals surface area contributed by atoms with E-state index in [1.807, 2.05) is 24.3 Å². The Balaban J connectivity index is 1.57. The van der Waals surface area contributed by atoms with Crippen LogP contribution in [0, 0.1) is 5.92 Å². The summed E-state index contributed by atoms with van der Waals surface area (Å²) in [4.78, 5) is 42.6. The second-order valence-electron chi connectivity index (χ2n) is 8.03. The van der Waals surface area contributed by atoms with Crippen molar-refractivity contribution in [3.8, 4) is 0 Å². The zero-order chi connectivity index (χ0) is 21.0. The van der Waals surface area contributed by atoms with Crippen LogP contribution in [0.4, 0.5) is 10.5 Å². The van der Waals surface area contributed by atoms with E-state index in [9.17, 15) is 14.4 Å². The van der Waals surface area contributed by atoms with Gasteiger partial charge in [-0.3, -0.25) is 14.5 Å². The Labute approximate surface area is 172 Å². The topological polar surface area (TPSA) is 70.2 Å². The molecule has 0 aliphatic carbocycles. The minimum atomic E-state index is -0.266. The van der Waals surface area contributed by atoms with Crippen molar-refractivity contribution in [2.24, 2.45) is 5.92 Å². The molecule has 1 aromatic carbocycles. The third-order valence-corrected chi connectivity index (χ3v) is 5.69. The molecule has 1 unspecified atom stereocenters. The number of amides is 3. The lowest BCUT2D eigenvalue weighted by Crippen LogP contribution is -2.47. The first-order valence-electron chi connectivity index (χ1n) is 10.5. The van der Waals surface area contributed by atoms with Crippen LogP contribution in [0.5, 0.6) is 0 Å². The molecule has 0 N–H and O–H groups in total. The molecular weight excluding hydrogens is 370 g/mol. The molecule has 29 heavy (non-hydrogen) atoms. The van der Waals surface area contributed by atoms with Gasteiger partial charge in [0.2, 0.25) is 5.91 Å². The number of hydrogen-bond donors (Lipinski definition) is 0. The highest BCUT2D eigenvalue weighted by Gasteiger charge is 2.34. The Kier molecular flexibility index (Phi) is 6.77. The summed E-state index contributed by atoms with van der Waals surface area (Å²) < 4.78 is 5.10. The summed E-state index contributed by atoms with van der Waals surface area (Å²) in [5.74, 6) is -0.170. The van der Waals surface area contributed by atoms with E-state index in [0.29, 0.717) is 38.7 Å². The molecule has 0 saturated carbocycles. The summed E-state index contributed by atoms with van der Waals surface area (Å²) in [5.41, 5.74) is 2.09. The molecule has 158 valence electrons. The van der Waals surface area contributed by atoms with E-state index in [1.165, 1.54) is 5.56 Å². The number of esters is 1. The summed E-state index contributed by atoms with van der Waals surface area (Å²) in [6, 6.07) is 7.88. The maximum absolute atomic E-state index is 12.8. The number of carbonyl (C=O) groups is 3. The van der Waals surface area contributed by atoms with Gasteiger partial charge in [-0.2, -0.15) is 0 Å². The predicted molar refractivity (Wildman–Crippen MR) is 111 cm³/mol. The number of carbonyl (C=O) groups excluding carboxylic acids is 3. The van der Waals surface area contributed by atoms with Crippen molar-refractivity contribution in [2.75, 3.05) is 44.2 Å². The molecule has 1 aromatic rings. The number of likely N-dealkylation sites (tertiary alicyclic amines) is 1. The van der Waals surface area contributed by atoms with Gasteiger partial charge in [-0.1, -0.05) is 26.0 Å². The fourth-order valence-corrected chi connectivity index (χ4v) is 3.93. The largest absolute Gasteiger partial charge is 0.466 e. The summed E-state index contributed by atoms with van der Waals surface area (Å²) in [6.45, 7) is 8.54. The summed E-state index contributed by atoms with van der Waals surface area (Å²) >= 11 is 0. The quantitative estimate of drug-likeness (QED) is 0.688. The van der Waals surface area contributed by atoms with Crippen LogP contribution >= 0.6 is 0 Å². The van der Waals surface area contributed by atoms with E-state index in [4.69, 9.17) is 4.74 Å². The van der Waals surface area contributed by atoms with Gasteiger partial charge in [0.25, 0.3) is 0 Å². The zero-order valence-electron chi connectivity index (χ0n) is 17.6. The highest BCUT2D eigenvalue weighted by atomic mass is 16.5. The summed E-state index contributed by atoms with van der Waals surface area (Å²) in [6.07, 6.45) is 1.52. The summed E-state index contributed by atoms with van der Waals surface area (Å²) in [5, 5.41) is 0. The minimum Gasteiger partial charge on any atom is -0.466 e. The molecule has 2 fully saturated rings. The van der Waals surface area contributed by atoms with Crippen LogP contribution in [0.2, 0.25) is 0 Å². The second kappa shape index (κ2) is 9.29. The lowest BCUT2D eigenvalue weighted by molar-refractivity contribution is -0.151. The van der Waals surface area contributed by atoms with Gasteiger partial charge in [-0.15, -0.1) is 0 Å². The van der Waals surface area contributed by atoms with Gasteiger partial charge in [0.05, 0.1) is 12.5 Å². The highest BCUT2D eigenvalue weighted by Crippen LogP contribution is 2.24. The van der Waals surface area contributed by atoms with Crippen molar-refractivity contribution in [3.05, 3.63) is 29.8 Å². The monoisotopic (exact) mass is 401 g/mol. The molecule has 2 aliphatic heterocycles. The lowest BCUT2D eigenvalue weighted by Gasteiger charge is -2.32. The van der Waals surface area contributed by atoms with Crippen molar-refractivity contribution in [1.29, 1.82) is 0 Å². The second-order valence-corrected chi connectivity index (χ2v) is 8.03. The first-order chi connectivity index (χ1) is 13.9. The van der Waals surface area contributed by atoms with Crippen LogP contribution < -0.4 is 4.90 Å². The van der Waals surface area contributed by atoms with Crippen molar-refractivity contribution in [1.82, 2.24) is 9.80 Å². The van der Waals surface area contributed by atoms with Gasteiger partial charge >= 0.3 is 12.0 Å². The van der Waals surface area contributed by atoms with Crippen molar-refractivity contribution >= 4 is 23.6 Å². The molecule has 0 bridgehead atoms. The highest BCUT2D eigenvalue weighted by molar-refractivity contribution is 5.96. The van der Waals surface area contributed by atoms with Gasteiger partial charge in [0.1, 0.15) is 6.54 Å². The third-order valence-electron chi connectivity index (χ3n) is 5.69. The molecule has 3 rings (SSSR count). The van der Waals surface area contributed by atoms with Gasteiger partial charge in [-0.05, 0) is 43.4 Å². The minimum absolute atomic E-state index is 0.0506. The first kappa shape index (κ1) is 21.1. The molecule has 0 spiro atoms. The summed E-state index contributed by atoms with van der Waals surface area (Å²) in [7, 11) is 0. The van der Waals surface area contributed by atoms with Crippen LogP contribution in [-0.4, -0.2) is 67.0 Å². The molecule has 7 heteroatoms. The zero-order valence-corrected chi connectivity index (χ0v) is 17.6. The number of benzene rings is 1. The fourth-order valence-electron chi connectivity index (χ4n) is 3.93. The molecule has 1 atom stereocenters. The Morgan fingerprint density at radius 1 is 1.14 bits per heavy atom. The maximum atomic E-state index is 12.8. The molecular formula is C22H31N3O4. The Morgan fingerprint density at radius 3 is 2.52 bits per heavy atom. The maximum Gasteiger partial charge on any atom is 0.325 e. The van der Waals surface area contributed by atoms with Crippen molar-refractivity contribution in [3.63, 3.8) is 0 Å². The van der Waals surface area contributed by atoms with Gasteiger partial charge in [0, 0.05) is 31.9 Å². The van der Waals surface area contributed by atoms with Gasteiger partial charge < -0.3 is 14.5 Å². The normalized spacial score (nSPS) is 19.8. The number of ether oxygens (including phenoxy) is 1. The first-order valence-corrected chi connectivity index (χ1v) is 10.5. The average molecular weight is 402 g/mol. The molecule has 2 saturated heterocycles. The van der Waals surface area contributed by atoms with Crippen molar-refractivity contribution in [2.45, 2.75) is 39.5 Å². The van der Waals surface area contributed by atoms with E-state index < -0.39 is 0 Å². The molecule has 0 aromatic heterocycles. The van der Waals surface area contributed by atoms with Gasteiger partial charge in [0.15, 0.2) is 0 Å². The molecule has 2 heterocycles. The molecule has 0 radical (unpaired) electrons. The van der Waals surface area contributed by atoms with E-state index in [0.717, 1.165) is 18.5 Å². The standard InChI is InChI=1S/C22H31N3O4/c1-4-29-21(27)18-6-5-11-23(14-18)20(26)15-24-12-13-25(22(24)28)19-9-7-17(8-10-19)16(2)3/h7-10,16,18H,4-6,11-15H2,1-3H3. The SMILES string of the molecule is CCOC(=O)C1CCCN(C(=O)CN2CCN(c3ccc(C(C)C)cc3)C2=O)C1. The Bertz CT molecular complexity index is 747. The number of anilines is 1. The van der Waals surface area contributed by atoms with Crippen molar-refractivity contribution < 1.29 is 19.1 Å². The molecule has 7 nitrogen and oxygen atoms in total. The van der Waals surface area contributed by atoms with Crippen LogP contribution in [0.1, 0.15) is 45.1 Å². The third kappa shape index (κ3) is 4.89. The number of hydrogen-bond acceptors (Lipinski definition) is 4.